The second kappa shape index (κ2) is 8.76. The Labute approximate surface area is 139 Å². The third kappa shape index (κ3) is 6.09. The van der Waals surface area contributed by atoms with Crippen molar-refractivity contribution in [1.82, 2.24) is 4.90 Å². The van der Waals surface area contributed by atoms with E-state index < -0.39 is 10.0 Å². The molecular formula is C16H26N2O4S. The molecule has 0 N–H and O–H groups in total. The number of unbranched alkanes of at least 4 members (excludes halogenated alkanes) is 1. The van der Waals surface area contributed by atoms with Crippen molar-refractivity contribution < 1.29 is 17.9 Å². The van der Waals surface area contributed by atoms with Crippen molar-refractivity contribution in [3.05, 3.63) is 24.3 Å². The van der Waals surface area contributed by atoms with Crippen molar-refractivity contribution in [2.45, 2.75) is 26.7 Å². The maximum Gasteiger partial charge on any atom is 0.243 e. The van der Waals surface area contributed by atoms with E-state index in [0.29, 0.717) is 24.6 Å². The molecule has 6 nitrogen and oxygen atoms in total. The summed E-state index contributed by atoms with van der Waals surface area (Å²) in [7, 11) is -1.86. The summed E-state index contributed by atoms with van der Waals surface area (Å²) in [5, 5.41) is 0. The predicted octanol–water partition coefficient (Wildman–Crippen LogP) is 2.11. The number of hydrogen-bond donors (Lipinski definition) is 0. The number of carbonyl (C=O) groups excluding carboxylic acids is 1. The Balaban J connectivity index is 2.91. The van der Waals surface area contributed by atoms with Gasteiger partial charge in [-0.2, -0.15) is 0 Å². The first-order valence-corrected chi connectivity index (χ1v) is 9.59. The fourth-order valence-corrected chi connectivity index (χ4v) is 2.89. The van der Waals surface area contributed by atoms with Crippen LogP contribution in [0.15, 0.2) is 24.3 Å². The number of hydrogen-bond acceptors (Lipinski definition) is 4. The SMILES string of the molecule is CCCCN(C)C(=O)CN(c1ccc(OCC)cc1)S(C)(=O)=O. The van der Waals surface area contributed by atoms with E-state index in [2.05, 4.69) is 0 Å². The van der Waals surface area contributed by atoms with E-state index in [1.165, 1.54) is 0 Å². The molecule has 7 heteroatoms. The molecule has 0 aliphatic rings. The van der Waals surface area contributed by atoms with Crippen LogP contribution in [-0.2, 0) is 14.8 Å². The molecule has 0 saturated heterocycles. The molecule has 0 aliphatic heterocycles. The molecule has 23 heavy (non-hydrogen) atoms. The number of nitrogens with zero attached hydrogens (tertiary/aromatic N) is 2. The number of sulfonamides is 1. The molecule has 0 bridgehead atoms. The van der Waals surface area contributed by atoms with Gasteiger partial charge in [-0.05, 0) is 37.6 Å². The first-order chi connectivity index (χ1) is 10.8. The number of ether oxygens (including phenoxy) is 1. The van der Waals surface area contributed by atoms with Gasteiger partial charge in [-0.15, -0.1) is 0 Å². The summed E-state index contributed by atoms with van der Waals surface area (Å²) in [5.74, 6) is 0.439. The topological polar surface area (TPSA) is 66.9 Å². The van der Waals surface area contributed by atoms with Gasteiger partial charge >= 0.3 is 0 Å². The zero-order chi connectivity index (χ0) is 17.5. The predicted molar refractivity (Wildman–Crippen MR) is 92.3 cm³/mol. The normalized spacial score (nSPS) is 11.1. The van der Waals surface area contributed by atoms with Gasteiger partial charge in [0.05, 0.1) is 18.6 Å². The summed E-state index contributed by atoms with van der Waals surface area (Å²) in [5.41, 5.74) is 0.452. The van der Waals surface area contributed by atoms with Crippen molar-refractivity contribution in [2.75, 3.05) is 37.3 Å². The van der Waals surface area contributed by atoms with E-state index in [1.54, 1.807) is 36.2 Å². The van der Waals surface area contributed by atoms with Crippen LogP contribution in [0.4, 0.5) is 5.69 Å². The van der Waals surface area contributed by atoms with Crippen LogP contribution >= 0.6 is 0 Å². The molecule has 0 radical (unpaired) electrons. The fraction of sp³-hybridized carbons (Fsp3) is 0.562. The Kier molecular flexibility index (Phi) is 7.35. The molecule has 1 aromatic carbocycles. The minimum absolute atomic E-state index is 0.201. The Morgan fingerprint density at radius 1 is 1.17 bits per heavy atom. The molecule has 0 aliphatic carbocycles. The monoisotopic (exact) mass is 342 g/mol. The van der Waals surface area contributed by atoms with E-state index in [-0.39, 0.29) is 12.5 Å². The number of amides is 1. The average molecular weight is 342 g/mol. The smallest absolute Gasteiger partial charge is 0.243 e. The minimum Gasteiger partial charge on any atom is -0.494 e. The van der Waals surface area contributed by atoms with Crippen molar-refractivity contribution in [2.24, 2.45) is 0 Å². The maximum atomic E-state index is 12.2. The Hall–Kier alpha value is -1.76. The van der Waals surface area contributed by atoms with Gasteiger partial charge in [0.1, 0.15) is 12.3 Å². The molecule has 1 aromatic rings. The Morgan fingerprint density at radius 2 is 1.78 bits per heavy atom. The minimum atomic E-state index is -3.55. The number of anilines is 1. The zero-order valence-corrected chi connectivity index (χ0v) is 15.1. The summed E-state index contributed by atoms with van der Waals surface area (Å²) in [6.07, 6.45) is 2.97. The third-order valence-corrected chi connectivity index (χ3v) is 4.53. The fourth-order valence-electron chi connectivity index (χ4n) is 2.04. The van der Waals surface area contributed by atoms with Crippen LogP contribution < -0.4 is 9.04 Å². The summed E-state index contributed by atoms with van der Waals surface area (Å²) in [6.45, 7) is 4.88. The quantitative estimate of drug-likeness (QED) is 0.689. The molecule has 0 unspecified atom stereocenters. The first-order valence-electron chi connectivity index (χ1n) is 7.74. The lowest BCUT2D eigenvalue weighted by Crippen LogP contribution is -2.41. The summed E-state index contributed by atoms with van der Waals surface area (Å²) in [6, 6.07) is 6.68. The molecule has 0 heterocycles. The second-order valence-corrected chi connectivity index (χ2v) is 7.27. The number of rotatable bonds is 9. The van der Waals surface area contributed by atoms with Crippen molar-refractivity contribution in [1.29, 1.82) is 0 Å². The highest BCUT2D eigenvalue weighted by Gasteiger charge is 2.22. The largest absolute Gasteiger partial charge is 0.494 e. The molecule has 0 aromatic heterocycles. The van der Waals surface area contributed by atoms with Gasteiger partial charge < -0.3 is 9.64 Å². The van der Waals surface area contributed by atoms with Crippen LogP contribution in [0.25, 0.3) is 0 Å². The van der Waals surface area contributed by atoms with Crippen molar-refractivity contribution in [3.8, 4) is 5.75 Å². The van der Waals surface area contributed by atoms with Crippen molar-refractivity contribution in [3.63, 3.8) is 0 Å². The van der Waals surface area contributed by atoms with Crippen molar-refractivity contribution >= 4 is 21.6 Å². The molecular weight excluding hydrogens is 316 g/mol. The lowest BCUT2D eigenvalue weighted by atomic mass is 10.3. The lowest BCUT2D eigenvalue weighted by Gasteiger charge is -2.25. The Bertz CT molecular complexity index is 599. The molecule has 1 rings (SSSR count). The van der Waals surface area contributed by atoms with E-state index in [4.69, 9.17) is 4.74 Å². The van der Waals surface area contributed by atoms with Gasteiger partial charge in [-0.1, -0.05) is 13.3 Å². The van der Waals surface area contributed by atoms with E-state index >= 15 is 0 Å². The second-order valence-electron chi connectivity index (χ2n) is 5.37. The van der Waals surface area contributed by atoms with E-state index in [9.17, 15) is 13.2 Å². The van der Waals surface area contributed by atoms with Gasteiger partial charge in [0.25, 0.3) is 0 Å². The number of likely N-dealkylation sites (N-methyl/N-ethyl adjacent to an activating group) is 1. The molecule has 1 amide bonds. The van der Waals surface area contributed by atoms with E-state index in [1.807, 2.05) is 13.8 Å². The summed E-state index contributed by atoms with van der Waals surface area (Å²) < 4.78 is 30.5. The highest BCUT2D eigenvalue weighted by molar-refractivity contribution is 7.92. The van der Waals surface area contributed by atoms with E-state index in [0.717, 1.165) is 23.4 Å². The summed E-state index contributed by atoms with van der Waals surface area (Å²) >= 11 is 0. The highest BCUT2D eigenvalue weighted by atomic mass is 32.2. The lowest BCUT2D eigenvalue weighted by molar-refractivity contribution is -0.128. The van der Waals surface area contributed by atoms with Gasteiger partial charge in [0, 0.05) is 13.6 Å². The van der Waals surface area contributed by atoms with Gasteiger partial charge in [-0.25, -0.2) is 8.42 Å². The standard InChI is InChI=1S/C16H26N2O4S/c1-5-7-12-17(3)16(19)13-18(23(4,20)21)14-8-10-15(11-9-14)22-6-2/h8-11H,5-7,12-13H2,1-4H3. The molecule has 0 spiro atoms. The average Bonchev–Trinajstić information content (AvgIpc) is 2.50. The molecule has 0 saturated carbocycles. The first kappa shape index (κ1) is 19.3. The zero-order valence-electron chi connectivity index (χ0n) is 14.3. The van der Waals surface area contributed by atoms with Gasteiger partial charge in [0.2, 0.25) is 15.9 Å². The van der Waals surface area contributed by atoms with Crippen LogP contribution in [0.5, 0.6) is 5.75 Å². The maximum absolute atomic E-state index is 12.2. The third-order valence-electron chi connectivity index (χ3n) is 3.39. The van der Waals surface area contributed by atoms with Crippen LogP contribution in [0.1, 0.15) is 26.7 Å². The van der Waals surface area contributed by atoms with Crippen LogP contribution in [0.3, 0.4) is 0 Å². The van der Waals surface area contributed by atoms with Crippen LogP contribution in [0, 0.1) is 0 Å². The number of benzene rings is 1. The van der Waals surface area contributed by atoms with Crippen LogP contribution in [-0.4, -0.2) is 52.2 Å². The molecule has 130 valence electrons. The summed E-state index contributed by atoms with van der Waals surface area (Å²) in [4.78, 5) is 13.8. The van der Waals surface area contributed by atoms with Gasteiger partial charge in [-0.3, -0.25) is 9.10 Å². The molecule has 0 atom stereocenters. The Morgan fingerprint density at radius 3 is 2.26 bits per heavy atom. The number of carbonyl (C=O) groups is 1. The van der Waals surface area contributed by atoms with Gasteiger partial charge in [0.15, 0.2) is 0 Å². The molecule has 0 fully saturated rings. The van der Waals surface area contributed by atoms with Crippen LogP contribution in [0.2, 0.25) is 0 Å². The highest BCUT2D eigenvalue weighted by Crippen LogP contribution is 2.21.